The van der Waals surface area contributed by atoms with Crippen molar-refractivity contribution in [2.24, 2.45) is 5.16 Å². The third-order valence-electron chi connectivity index (χ3n) is 4.08. The fourth-order valence-electron chi connectivity index (χ4n) is 2.60. The third-order valence-corrected chi connectivity index (χ3v) is 4.77. The number of nitrogens with one attached hydrogen (secondary N) is 1. The Morgan fingerprint density at radius 3 is 2.38 bits per heavy atom. The number of amides is 1. The second-order valence-electron chi connectivity index (χ2n) is 5.88. The highest BCUT2D eigenvalue weighted by molar-refractivity contribution is 8.13. The summed E-state index contributed by atoms with van der Waals surface area (Å²) < 4.78 is 43.4. The van der Waals surface area contributed by atoms with Crippen molar-refractivity contribution >= 4 is 22.7 Å². The van der Waals surface area contributed by atoms with Gasteiger partial charge in [0.25, 0.3) is 5.91 Å². The molecular weight excluding hydrogens is 405 g/mol. The topological polar surface area (TPSA) is 59.9 Å². The molecule has 2 rings (SSSR count). The van der Waals surface area contributed by atoms with Gasteiger partial charge in [0.2, 0.25) is 0 Å². The lowest BCUT2D eigenvalue weighted by Crippen LogP contribution is -2.27. The van der Waals surface area contributed by atoms with E-state index in [1.54, 1.807) is 30.5 Å². The zero-order valence-electron chi connectivity index (χ0n) is 16.1. The van der Waals surface area contributed by atoms with Gasteiger partial charge in [-0.1, -0.05) is 41.6 Å². The number of carbonyl (C=O) groups excluding carboxylic acids is 1. The molecule has 1 atom stereocenters. The number of hydrogen-bond donors (Lipinski definition) is 1. The van der Waals surface area contributed by atoms with Crippen LogP contribution in [-0.2, 0) is 27.2 Å². The Bertz CT molecular complexity index is 855. The molecule has 2 aromatic rings. The highest BCUT2D eigenvalue weighted by atomic mass is 32.2. The summed E-state index contributed by atoms with van der Waals surface area (Å²) in [6, 6.07) is 11.8. The van der Waals surface area contributed by atoms with Crippen molar-refractivity contribution in [3.8, 4) is 0 Å². The molecule has 5 nitrogen and oxygen atoms in total. The SMILES string of the molecule is CNC(=O)C(OC)c1ccccc1CO/N=C(/SC)c1ccc(C(F)(F)F)cc1. The van der Waals surface area contributed by atoms with Gasteiger partial charge in [0.05, 0.1) is 5.56 Å². The smallest absolute Gasteiger partial charge is 0.390 e. The molecule has 2 aromatic carbocycles. The summed E-state index contributed by atoms with van der Waals surface area (Å²) in [7, 11) is 2.96. The number of thioether (sulfide) groups is 1. The van der Waals surface area contributed by atoms with Gasteiger partial charge in [0.1, 0.15) is 11.7 Å². The minimum Gasteiger partial charge on any atom is -0.390 e. The van der Waals surface area contributed by atoms with E-state index in [1.165, 1.54) is 38.1 Å². The molecule has 1 unspecified atom stereocenters. The molecule has 0 bridgehead atoms. The van der Waals surface area contributed by atoms with Crippen LogP contribution in [0.5, 0.6) is 0 Å². The maximum absolute atomic E-state index is 12.7. The Kier molecular flexibility index (Phi) is 8.10. The molecule has 9 heteroatoms. The van der Waals surface area contributed by atoms with Crippen LogP contribution in [0.3, 0.4) is 0 Å². The summed E-state index contributed by atoms with van der Waals surface area (Å²) in [5.41, 5.74) is 1.14. The maximum atomic E-state index is 12.7. The van der Waals surface area contributed by atoms with Crippen LogP contribution in [0, 0.1) is 0 Å². The first kappa shape index (κ1) is 22.8. The fraction of sp³-hybridized carbons (Fsp3) is 0.300. The molecule has 1 amide bonds. The van der Waals surface area contributed by atoms with Gasteiger partial charge in [-0.3, -0.25) is 4.79 Å². The van der Waals surface area contributed by atoms with Gasteiger partial charge in [-0.2, -0.15) is 13.2 Å². The molecule has 0 heterocycles. The largest absolute Gasteiger partial charge is 0.416 e. The van der Waals surface area contributed by atoms with Crippen molar-refractivity contribution in [2.75, 3.05) is 20.4 Å². The molecule has 0 spiro atoms. The predicted octanol–water partition coefficient (Wildman–Crippen LogP) is 4.38. The van der Waals surface area contributed by atoms with E-state index >= 15 is 0 Å². The average Bonchev–Trinajstić information content (AvgIpc) is 2.72. The van der Waals surface area contributed by atoms with Gasteiger partial charge in [-0.25, -0.2) is 0 Å². The first-order valence-corrected chi connectivity index (χ1v) is 9.78. The lowest BCUT2D eigenvalue weighted by atomic mass is 10.0. The number of likely N-dealkylation sites (N-methyl/N-ethyl adjacent to an activating group) is 1. The highest BCUT2D eigenvalue weighted by Gasteiger charge is 2.30. The van der Waals surface area contributed by atoms with Gasteiger partial charge < -0.3 is 14.9 Å². The number of alkyl halides is 3. The molecular formula is C20H21F3N2O3S. The number of carbonyl (C=O) groups is 1. The lowest BCUT2D eigenvalue weighted by molar-refractivity contribution is -0.137. The maximum Gasteiger partial charge on any atom is 0.416 e. The lowest BCUT2D eigenvalue weighted by Gasteiger charge is -2.17. The van der Waals surface area contributed by atoms with Crippen molar-refractivity contribution < 1.29 is 27.5 Å². The van der Waals surface area contributed by atoms with Crippen LogP contribution in [0.2, 0.25) is 0 Å². The van der Waals surface area contributed by atoms with Crippen molar-refractivity contribution in [3.63, 3.8) is 0 Å². The zero-order valence-corrected chi connectivity index (χ0v) is 16.9. The standard InChI is InChI=1S/C20H21F3N2O3S/c1-24-18(26)17(27-2)16-7-5-4-6-14(16)12-28-25-19(29-3)13-8-10-15(11-9-13)20(21,22)23/h4-11,17H,12H2,1-3H3,(H,24,26)/b25-19+. The van der Waals surface area contributed by atoms with E-state index in [1.807, 2.05) is 0 Å². The summed E-state index contributed by atoms with van der Waals surface area (Å²) in [6.45, 7) is 0.0672. The van der Waals surface area contributed by atoms with Crippen LogP contribution in [0.4, 0.5) is 13.2 Å². The summed E-state index contributed by atoms with van der Waals surface area (Å²) in [5, 5.41) is 7.03. The van der Waals surface area contributed by atoms with Crippen LogP contribution in [0.1, 0.15) is 28.4 Å². The van der Waals surface area contributed by atoms with Gasteiger partial charge in [0, 0.05) is 19.7 Å². The number of hydrogen-bond acceptors (Lipinski definition) is 5. The zero-order chi connectivity index (χ0) is 21.4. The summed E-state index contributed by atoms with van der Waals surface area (Å²) in [6.07, 6.45) is -3.43. The predicted molar refractivity (Wildman–Crippen MR) is 107 cm³/mol. The summed E-state index contributed by atoms with van der Waals surface area (Å²) in [5.74, 6) is -0.294. The molecule has 0 aliphatic heterocycles. The first-order valence-electron chi connectivity index (χ1n) is 8.55. The van der Waals surface area contributed by atoms with Gasteiger partial charge >= 0.3 is 6.18 Å². The molecule has 0 fully saturated rings. The quantitative estimate of drug-likeness (QED) is 0.406. The molecule has 0 aliphatic carbocycles. The number of benzene rings is 2. The fourth-order valence-corrected chi connectivity index (χ4v) is 3.10. The van der Waals surface area contributed by atoms with E-state index < -0.39 is 17.8 Å². The van der Waals surface area contributed by atoms with E-state index in [0.29, 0.717) is 21.7 Å². The van der Waals surface area contributed by atoms with E-state index in [4.69, 9.17) is 9.57 Å². The Hall–Kier alpha value is -2.52. The Morgan fingerprint density at radius 2 is 1.83 bits per heavy atom. The number of rotatable bonds is 7. The van der Waals surface area contributed by atoms with Gasteiger partial charge in [0.15, 0.2) is 6.10 Å². The summed E-state index contributed by atoms with van der Waals surface area (Å²) >= 11 is 1.25. The van der Waals surface area contributed by atoms with Crippen LogP contribution >= 0.6 is 11.8 Å². The van der Waals surface area contributed by atoms with Crippen molar-refractivity contribution in [1.82, 2.24) is 5.32 Å². The van der Waals surface area contributed by atoms with Crippen LogP contribution in [0.15, 0.2) is 53.7 Å². The van der Waals surface area contributed by atoms with E-state index in [0.717, 1.165) is 12.1 Å². The number of methoxy groups -OCH3 is 1. The Balaban J connectivity index is 2.17. The van der Waals surface area contributed by atoms with Gasteiger partial charge in [-0.15, -0.1) is 11.8 Å². The Morgan fingerprint density at radius 1 is 1.17 bits per heavy atom. The molecule has 0 aliphatic rings. The second kappa shape index (κ2) is 10.3. The molecule has 29 heavy (non-hydrogen) atoms. The monoisotopic (exact) mass is 426 g/mol. The van der Waals surface area contributed by atoms with Crippen molar-refractivity contribution in [2.45, 2.75) is 18.9 Å². The minimum absolute atomic E-state index is 0.0672. The van der Waals surface area contributed by atoms with E-state index in [2.05, 4.69) is 10.5 Å². The molecule has 156 valence electrons. The average molecular weight is 426 g/mol. The third kappa shape index (κ3) is 5.98. The number of halogens is 3. The summed E-state index contributed by atoms with van der Waals surface area (Å²) in [4.78, 5) is 17.5. The van der Waals surface area contributed by atoms with Gasteiger partial charge in [-0.05, 0) is 29.5 Å². The molecule has 0 radical (unpaired) electrons. The van der Waals surface area contributed by atoms with E-state index in [9.17, 15) is 18.0 Å². The molecule has 0 aromatic heterocycles. The first-order chi connectivity index (χ1) is 13.8. The van der Waals surface area contributed by atoms with Crippen molar-refractivity contribution in [1.29, 1.82) is 0 Å². The number of nitrogens with zero attached hydrogens (tertiary/aromatic N) is 1. The molecule has 0 saturated heterocycles. The number of ether oxygens (including phenoxy) is 1. The number of oxime groups is 1. The second-order valence-corrected chi connectivity index (χ2v) is 6.67. The Labute approximate surface area is 171 Å². The van der Waals surface area contributed by atoms with Crippen molar-refractivity contribution in [3.05, 3.63) is 70.8 Å². The normalized spacial score (nSPS) is 13.1. The van der Waals surface area contributed by atoms with E-state index in [-0.39, 0.29) is 12.5 Å². The van der Waals surface area contributed by atoms with Crippen LogP contribution < -0.4 is 5.32 Å². The molecule has 0 saturated carbocycles. The van der Waals surface area contributed by atoms with Crippen LogP contribution in [0.25, 0.3) is 0 Å². The highest BCUT2D eigenvalue weighted by Crippen LogP contribution is 2.29. The molecule has 1 N–H and O–H groups in total. The van der Waals surface area contributed by atoms with Crippen LogP contribution in [-0.4, -0.2) is 31.4 Å². The minimum atomic E-state index is -4.39.